The lowest BCUT2D eigenvalue weighted by Gasteiger charge is -2.45. The third-order valence-electron chi connectivity index (χ3n) is 8.27. The van der Waals surface area contributed by atoms with Crippen molar-refractivity contribution in [2.24, 2.45) is 0 Å². The Hall–Kier alpha value is -3.20. The van der Waals surface area contributed by atoms with E-state index in [2.05, 4.69) is 43.8 Å². The predicted octanol–water partition coefficient (Wildman–Crippen LogP) is 4.94. The van der Waals surface area contributed by atoms with Crippen LogP contribution in [0.5, 0.6) is 11.6 Å². The second-order valence-electron chi connectivity index (χ2n) is 11.2. The summed E-state index contributed by atoms with van der Waals surface area (Å²) >= 11 is 6.88. The van der Waals surface area contributed by atoms with Crippen LogP contribution in [0.1, 0.15) is 38.2 Å². The fourth-order valence-corrected chi connectivity index (χ4v) is 6.00. The SMILES string of the molecule is CC1(Oc2ncnc3c2nc(-c2ccc(OCCN4C[C@H]5CC[C@H]4CN5)cc2Cl)n3Cc2ccccc2)CC1. The number of hydrogen-bond donors (Lipinski definition) is 1. The molecule has 0 unspecified atom stereocenters. The van der Waals surface area contributed by atoms with Crippen LogP contribution in [-0.4, -0.2) is 68.3 Å². The molecule has 5 heterocycles. The Labute approximate surface area is 233 Å². The Bertz CT molecular complexity index is 1480. The number of benzene rings is 2. The monoisotopic (exact) mass is 544 g/mol. The largest absolute Gasteiger partial charge is 0.492 e. The fourth-order valence-electron chi connectivity index (χ4n) is 5.75. The van der Waals surface area contributed by atoms with E-state index in [-0.39, 0.29) is 5.60 Å². The van der Waals surface area contributed by atoms with E-state index >= 15 is 0 Å². The Balaban J connectivity index is 1.17. The van der Waals surface area contributed by atoms with Crippen molar-refractivity contribution in [2.45, 2.75) is 56.8 Å². The van der Waals surface area contributed by atoms with E-state index in [0.29, 0.717) is 41.7 Å². The molecule has 4 aliphatic rings. The maximum absolute atomic E-state index is 6.88. The second-order valence-corrected chi connectivity index (χ2v) is 11.6. The summed E-state index contributed by atoms with van der Waals surface area (Å²) in [5.41, 5.74) is 3.17. The highest BCUT2D eigenvalue weighted by atomic mass is 35.5. The molecule has 1 saturated carbocycles. The maximum atomic E-state index is 6.88. The lowest BCUT2D eigenvalue weighted by atomic mass is 9.93. The Morgan fingerprint density at radius 3 is 2.69 bits per heavy atom. The number of rotatable bonds is 9. The van der Waals surface area contributed by atoms with Crippen molar-refractivity contribution in [3.63, 3.8) is 0 Å². The van der Waals surface area contributed by atoms with Gasteiger partial charge >= 0.3 is 0 Å². The zero-order valence-electron chi connectivity index (χ0n) is 22.1. The highest BCUT2D eigenvalue weighted by molar-refractivity contribution is 6.33. The number of fused-ring (bicyclic) bond motifs is 4. The lowest BCUT2D eigenvalue weighted by Crippen LogP contribution is -2.61. The molecular formula is C30H33ClN6O2. The van der Waals surface area contributed by atoms with E-state index in [4.69, 9.17) is 26.1 Å². The number of halogens is 1. The smallest absolute Gasteiger partial charge is 0.245 e. The van der Waals surface area contributed by atoms with Gasteiger partial charge in [0.15, 0.2) is 11.2 Å². The first-order valence-electron chi connectivity index (χ1n) is 13.9. The molecule has 39 heavy (non-hydrogen) atoms. The molecule has 2 bridgehead atoms. The van der Waals surface area contributed by atoms with Crippen LogP contribution in [0, 0.1) is 0 Å². The van der Waals surface area contributed by atoms with E-state index in [9.17, 15) is 0 Å². The summed E-state index contributed by atoms with van der Waals surface area (Å²) in [5, 5.41) is 4.19. The number of nitrogens with zero attached hydrogens (tertiary/aromatic N) is 5. The summed E-state index contributed by atoms with van der Waals surface area (Å²) in [7, 11) is 0. The Morgan fingerprint density at radius 2 is 1.97 bits per heavy atom. The molecule has 8 nitrogen and oxygen atoms in total. The summed E-state index contributed by atoms with van der Waals surface area (Å²) in [4.78, 5) is 16.6. The molecule has 9 heteroatoms. The minimum atomic E-state index is -0.175. The van der Waals surface area contributed by atoms with Crippen molar-refractivity contribution in [1.82, 2.24) is 29.7 Å². The van der Waals surface area contributed by atoms with Crippen molar-refractivity contribution in [3.05, 3.63) is 65.4 Å². The van der Waals surface area contributed by atoms with Gasteiger partial charge in [-0.15, -0.1) is 0 Å². The number of piperidine rings is 2. The van der Waals surface area contributed by atoms with Crippen molar-refractivity contribution in [3.8, 4) is 23.0 Å². The van der Waals surface area contributed by atoms with E-state index in [1.54, 1.807) is 6.33 Å². The summed E-state index contributed by atoms with van der Waals surface area (Å²) in [6, 6.07) is 17.4. The zero-order valence-corrected chi connectivity index (χ0v) is 22.9. The van der Waals surface area contributed by atoms with Crippen LogP contribution in [-0.2, 0) is 6.54 Å². The van der Waals surface area contributed by atoms with Gasteiger partial charge in [-0.1, -0.05) is 41.9 Å². The zero-order chi connectivity index (χ0) is 26.4. The van der Waals surface area contributed by atoms with Crippen LogP contribution < -0.4 is 14.8 Å². The first kappa shape index (κ1) is 24.8. The van der Waals surface area contributed by atoms with Gasteiger partial charge < -0.3 is 19.4 Å². The molecule has 3 saturated heterocycles. The highest BCUT2D eigenvalue weighted by Crippen LogP contribution is 2.41. The van der Waals surface area contributed by atoms with Crippen LogP contribution in [0.2, 0.25) is 5.02 Å². The van der Waals surface area contributed by atoms with Gasteiger partial charge in [-0.25, -0.2) is 9.97 Å². The predicted molar refractivity (Wildman–Crippen MR) is 151 cm³/mol. The molecule has 1 N–H and O–H groups in total. The molecule has 2 aromatic heterocycles. The van der Waals surface area contributed by atoms with E-state index < -0.39 is 0 Å². The molecule has 2 atom stereocenters. The van der Waals surface area contributed by atoms with Crippen LogP contribution in [0.4, 0.5) is 0 Å². The maximum Gasteiger partial charge on any atom is 0.245 e. The van der Waals surface area contributed by atoms with Crippen LogP contribution >= 0.6 is 11.6 Å². The quantitative estimate of drug-likeness (QED) is 0.320. The molecule has 3 aliphatic heterocycles. The topological polar surface area (TPSA) is 77.3 Å². The van der Waals surface area contributed by atoms with Gasteiger partial charge in [0, 0.05) is 37.3 Å². The lowest BCUT2D eigenvalue weighted by molar-refractivity contribution is 0.0626. The van der Waals surface area contributed by atoms with Crippen molar-refractivity contribution < 1.29 is 9.47 Å². The van der Waals surface area contributed by atoms with Crippen LogP contribution in [0.15, 0.2) is 54.9 Å². The van der Waals surface area contributed by atoms with Crippen molar-refractivity contribution in [2.75, 3.05) is 26.2 Å². The summed E-state index contributed by atoms with van der Waals surface area (Å²) < 4.78 is 14.5. The van der Waals surface area contributed by atoms with Crippen molar-refractivity contribution in [1.29, 1.82) is 0 Å². The molecule has 8 rings (SSSR count). The average molecular weight is 545 g/mol. The van der Waals surface area contributed by atoms with Gasteiger partial charge in [0.05, 0.1) is 11.6 Å². The second kappa shape index (κ2) is 10.1. The first-order chi connectivity index (χ1) is 19.0. The van der Waals surface area contributed by atoms with E-state index in [1.807, 2.05) is 36.4 Å². The Kier molecular flexibility index (Phi) is 6.41. The van der Waals surface area contributed by atoms with Gasteiger partial charge in [0.25, 0.3) is 0 Å². The number of imidazole rings is 1. The number of ether oxygens (including phenoxy) is 2. The average Bonchev–Trinajstić information content (AvgIpc) is 3.58. The number of piperazine rings is 1. The van der Waals surface area contributed by atoms with Gasteiger partial charge in [0.1, 0.15) is 30.1 Å². The third-order valence-corrected chi connectivity index (χ3v) is 8.58. The summed E-state index contributed by atoms with van der Waals surface area (Å²) in [6.07, 6.45) is 6.14. The molecule has 2 aromatic carbocycles. The minimum Gasteiger partial charge on any atom is -0.492 e. The molecule has 202 valence electrons. The van der Waals surface area contributed by atoms with Gasteiger partial charge in [-0.3, -0.25) is 4.90 Å². The van der Waals surface area contributed by atoms with Gasteiger partial charge in [-0.05, 0) is 56.4 Å². The molecule has 0 amide bonds. The molecule has 0 radical (unpaired) electrons. The fraction of sp³-hybridized carbons (Fsp3) is 0.433. The standard InChI is InChI=1S/C30H33ClN6O2/c1-30(11-12-30)39-29-26-28(33-19-34-29)37(17-20-5-3-2-4-6-20)27(35-26)24-10-9-23(15-25(24)31)38-14-13-36-18-21-7-8-22(36)16-32-21/h2-6,9-10,15,19,21-22,32H,7-8,11-14,16-18H2,1H3/t21-,22+/m1/s1. The van der Waals surface area contributed by atoms with Crippen molar-refractivity contribution >= 4 is 22.8 Å². The summed E-state index contributed by atoms with van der Waals surface area (Å²) in [6.45, 7) is 6.47. The number of nitrogens with one attached hydrogen (secondary N) is 1. The van der Waals surface area contributed by atoms with Crippen LogP contribution in [0.3, 0.4) is 0 Å². The molecule has 4 aromatic rings. The van der Waals surface area contributed by atoms with Crippen LogP contribution in [0.25, 0.3) is 22.6 Å². The molecule has 1 aliphatic carbocycles. The van der Waals surface area contributed by atoms with E-state index in [0.717, 1.165) is 60.8 Å². The third kappa shape index (κ3) is 5.09. The number of aromatic nitrogens is 4. The highest BCUT2D eigenvalue weighted by Gasteiger charge is 2.41. The summed E-state index contributed by atoms with van der Waals surface area (Å²) in [5.74, 6) is 2.01. The molecule has 4 fully saturated rings. The van der Waals surface area contributed by atoms with Gasteiger partial charge in [-0.2, -0.15) is 4.98 Å². The van der Waals surface area contributed by atoms with E-state index in [1.165, 1.54) is 12.8 Å². The normalized spacial score (nSPS) is 21.8. The number of hydrogen-bond acceptors (Lipinski definition) is 7. The molecular weight excluding hydrogens is 512 g/mol. The Morgan fingerprint density at radius 1 is 1.10 bits per heavy atom. The molecule has 0 spiro atoms. The van der Waals surface area contributed by atoms with Gasteiger partial charge in [0.2, 0.25) is 5.88 Å². The first-order valence-corrected chi connectivity index (χ1v) is 14.3. The minimum absolute atomic E-state index is 0.175.